The molecule has 18 heavy (non-hydrogen) atoms. The summed E-state index contributed by atoms with van der Waals surface area (Å²) < 4.78 is 5.15. The van der Waals surface area contributed by atoms with Crippen molar-refractivity contribution in [2.24, 2.45) is 0 Å². The summed E-state index contributed by atoms with van der Waals surface area (Å²) in [4.78, 5) is 19.3. The van der Waals surface area contributed by atoms with E-state index < -0.39 is 0 Å². The van der Waals surface area contributed by atoms with Gasteiger partial charge in [-0.3, -0.25) is 4.79 Å². The van der Waals surface area contributed by atoms with Gasteiger partial charge in [0.25, 0.3) is 5.91 Å². The molecule has 4 nitrogen and oxygen atoms in total. The molecule has 0 fully saturated rings. The molecule has 5 heteroatoms. The van der Waals surface area contributed by atoms with Gasteiger partial charge in [-0.25, -0.2) is 4.98 Å². The van der Waals surface area contributed by atoms with Crippen LogP contribution in [0.1, 0.15) is 26.7 Å². The number of aryl methyl sites for hydroxylation is 2. The Morgan fingerprint density at radius 1 is 1.50 bits per heavy atom. The minimum absolute atomic E-state index is 0.00317. The third kappa shape index (κ3) is 2.61. The van der Waals surface area contributed by atoms with Crippen molar-refractivity contribution in [2.45, 2.75) is 20.3 Å². The van der Waals surface area contributed by atoms with Crippen LogP contribution in [0.5, 0.6) is 0 Å². The van der Waals surface area contributed by atoms with Gasteiger partial charge in [-0.1, -0.05) is 0 Å². The van der Waals surface area contributed by atoms with Crippen LogP contribution in [0.25, 0.3) is 0 Å². The van der Waals surface area contributed by atoms with Crippen LogP contribution in [0, 0.1) is 13.8 Å². The maximum Gasteiger partial charge on any atom is 0.257 e. The Balaban J connectivity index is 1.97. The van der Waals surface area contributed by atoms with E-state index in [0.29, 0.717) is 17.9 Å². The second-order valence-corrected chi connectivity index (χ2v) is 5.17. The lowest BCUT2D eigenvalue weighted by Gasteiger charge is -2.16. The lowest BCUT2D eigenvalue weighted by Crippen LogP contribution is -2.28. The number of carbonyl (C=O) groups is 1. The normalized spacial score (nSPS) is 10.6. The number of carbonyl (C=O) groups excluding carboxylic acids is 1. The van der Waals surface area contributed by atoms with Gasteiger partial charge < -0.3 is 9.32 Å². The zero-order valence-corrected chi connectivity index (χ0v) is 11.6. The first kappa shape index (κ1) is 12.8. The van der Waals surface area contributed by atoms with Crippen molar-refractivity contribution in [3.05, 3.63) is 39.7 Å². The fraction of sp³-hybridized carbons (Fsp3) is 0.385. The number of rotatable bonds is 4. The molecule has 0 atom stereocenters. The van der Waals surface area contributed by atoms with Gasteiger partial charge >= 0.3 is 0 Å². The molecule has 0 radical (unpaired) electrons. The van der Waals surface area contributed by atoms with Gasteiger partial charge in [0, 0.05) is 24.9 Å². The van der Waals surface area contributed by atoms with Crippen molar-refractivity contribution in [3.8, 4) is 0 Å². The standard InChI is InChI=1S/C13H16N2O2S/c1-9-12(18-8-14-9)4-6-15(3)13(16)11-5-7-17-10(11)2/h5,7-8H,4,6H2,1-3H3. The third-order valence-corrected chi connectivity index (χ3v) is 3.95. The number of hydrogen-bond acceptors (Lipinski definition) is 4. The molecule has 0 spiro atoms. The number of nitrogens with zero attached hydrogens (tertiary/aromatic N) is 2. The predicted molar refractivity (Wildman–Crippen MR) is 71.0 cm³/mol. The molecule has 0 saturated heterocycles. The highest BCUT2D eigenvalue weighted by atomic mass is 32.1. The molecule has 0 aliphatic heterocycles. The van der Waals surface area contributed by atoms with Gasteiger partial charge in [0.05, 0.1) is 23.0 Å². The molecule has 0 aliphatic rings. The second-order valence-electron chi connectivity index (χ2n) is 4.23. The van der Waals surface area contributed by atoms with Gasteiger partial charge in [0.15, 0.2) is 0 Å². The summed E-state index contributed by atoms with van der Waals surface area (Å²) in [5.74, 6) is 0.671. The summed E-state index contributed by atoms with van der Waals surface area (Å²) in [6.45, 7) is 4.48. The van der Waals surface area contributed by atoms with Gasteiger partial charge in [-0.2, -0.15) is 0 Å². The minimum Gasteiger partial charge on any atom is -0.469 e. The van der Waals surface area contributed by atoms with Crippen molar-refractivity contribution in [2.75, 3.05) is 13.6 Å². The summed E-state index contributed by atoms with van der Waals surface area (Å²) in [6, 6.07) is 1.71. The van der Waals surface area contributed by atoms with Crippen LogP contribution in [0.3, 0.4) is 0 Å². The van der Waals surface area contributed by atoms with E-state index in [2.05, 4.69) is 4.98 Å². The van der Waals surface area contributed by atoms with Gasteiger partial charge in [-0.15, -0.1) is 11.3 Å². The number of hydrogen-bond donors (Lipinski definition) is 0. The van der Waals surface area contributed by atoms with Crippen LogP contribution in [0.4, 0.5) is 0 Å². The van der Waals surface area contributed by atoms with E-state index >= 15 is 0 Å². The maximum atomic E-state index is 12.1. The van der Waals surface area contributed by atoms with Crippen LogP contribution in [-0.4, -0.2) is 29.4 Å². The van der Waals surface area contributed by atoms with Gasteiger partial charge in [0.2, 0.25) is 0 Å². The van der Waals surface area contributed by atoms with Crippen molar-refractivity contribution in [3.63, 3.8) is 0 Å². The molecule has 0 unspecified atom stereocenters. The largest absolute Gasteiger partial charge is 0.469 e. The van der Waals surface area contributed by atoms with Crippen LogP contribution in [0.15, 0.2) is 22.3 Å². The van der Waals surface area contributed by atoms with E-state index in [1.54, 1.807) is 35.5 Å². The van der Waals surface area contributed by atoms with Gasteiger partial charge in [0.1, 0.15) is 5.76 Å². The van der Waals surface area contributed by atoms with Crippen molar-refractivity contribution in [1.82, 2.24) is 9.88 Å². The molecule has 1 amide bonds. The second kappa shape index (κ2) is 5.35. The van der Waals surface area contributed by atoms with Crippen molar-refractivity contribution >= 4 is 17.2 Å². The molecule has 0 bridgehead atoms. The number of aromatic nitrogens is 1. The van der Waals surface area contributed by atoms with Crippen molar-refractivity contribution in [1.29, 1.82) is 0 Å². The summed E-state index contributed by atoms with van der Waals surface area (Å²) >= 11 is 1.64. The van der Waals surface area contributed by atoms with E-state index in [4.69, 9.17) is 4.42 Å². The van der Waals surface area contributed by atoms with Crippen LogP contribution < -0.4 is 0 Å². The molecule has 96 valence electrons. The lowest BCUT2D eigenvalue weighted by atomic mass is 10.2. The van der Waals surface area contributed by atoms with E-state index in [1.165, 1.54) is 4.88 Å². The number of amides is 1. The van der Waals surface area contributed by atoms with Crippen molar-refractivity contribution < 1.29 is 9.21 Å². The number of thiazole rings is 1. The molecule has 2 aromatic heterocycles. The first-order chi connectivity index (χ1) is 8.59. The molecular formula is C13H16N2O2S. The Hall–Kier alpha value is -1.62. The Kier molecular flexibility index (Phi) is 3.81. The molecule has 2 aromatic rings. The first-order valence-electron chi connectivity index (χ1n) is 5.78. The van der Waals surface area contributed by atoms with E-state index in [9.17, 15) is 4.79 Å². The van der Waals surface area contributed by atoms with Gasteiger partial charge in [-0.05, 0) is 19.9 Å². The average molecular weight is 264 g/mol. The molecule has 0 aliphatic carbocycles. The topological polar surface area (TPSA) is 46.3 Å². The Morgan fingerprint density at radius 2 is 2.28 bits per heavy atom. The Morgan fingerprint density at radius 3 is 2.83 bits per heavy atom. The van der Waals surface area contributed by atoms with E-state index in [0.717, 1.165) is 12.1 Å². The van der Waals surface area contributed by atoms with E-state index in [1.807, 2.05) is 19.5 Å². The molecule has 0 saturated carbocycles. The maximum absolute atomic E-state index is 12.1. The van der Waals surface area contributed by atoms with Crippen LogP contribution >= 0.6 is 11.3 Å². The zero-order chi connectivity index (χ0) is 13.1. The summed E-state index contributed by atoms with van der Waals surface area (Å²) in [5.41, 5.74) is 3.53. The van der Waals surface area contributed by atoms with Crippen LogP contribution in [-0.2, 0) is 6.42 Å². The monoisotopic (exact) mass is 264 g/mol. The Bertz CT molecular complexity index is 545. The minimum atomic E-state index is 0.00317. The summed E-state index contributed by atoms with van der Waals surface area (Å²) in [6.07, 6.45) is 2.39. The highest BCUT2D eigenvalue weighted by Gasteiger charge is 2.16. The quantitative estimate of drug-likeness (QED) is 0.853. The summed E-state index contributed by atoms with van der Waals surface area (Å²) in [7, 11) is 1.81. The molecular weight excluding hydrogens is 248 g/mol. The molecule has 0 aromatic carbocycles. The first-order valence-corrected chi connectivity index (χ1v) is 6.66. The fourth-order valence-electron chi connectivity index (χ4n) is 1.75. The summed E-state index contributed by atoms with van der Waals surface area (Å²) in [5, 5.41) is 0. The number of likely N-dealkylation sites (N-methyl/N-ethyl adjacent to an activating group) is 1. The Labute approximate surface area is 110 Å². The number of furan rings is 1. The smallest absolute Gasteiger partial charge is 0.257 e. The highest BCUT2D eigenvalue weighted by molar-refractivity contribution is 7.09. The lowest BCUT2D eigenvalue weighted by molar-refractivity contribution is 0.0795. The van der Waals surface area contributed by atoms with Crippen LogP contribution in [0.2, 0.25) is 0 Å². The molecule has 2 rings (SSSR count). The zero-order valence-electron chi connectivity index (χ0n) is 10.8. The molecule has 2 heterocycles. The average Bonchev–Trinajstić information content (AvgIpc) is 2.94. The fourth-order valence-corrected chi connectivity index (χ4v) is 2.52. The molecule has 0 N–H and O–H groups in total. The third-order valence-electron chi connectivity index (χ3n) is 2.96. The highest BCUT2D eigenvalue weighted by Crippen LogP contribution is 2.15. The SMILES string of the molecule is Cc1ncsc1CCN(C)C(=O)c1ccoc1C. The van der Waals surface area contributed by atoms with E-state index in [-0.39, 0.29) is 5.91 Å². The predicted octanol–water partition coefficient (Wildman–Crippen LogP) is 2.67.